The number of nitrogens with one attached hydrogen (secondary N) is 1. The molecule has 2 aromatic rings. The number of nitrogen functional groups attached to an aromatic ring is 1. The van der Waals surface area contributed by atoms with E-state index in [1.54, 1.807) is 0 Å². The van der Waals surface area contributed by atoms with Gasteiger partial charge in [-0.05, 0) is 30.0 Å². The van der Waals surface area contributed by atoms with Crippen LogP contribution >= 0.6 is 0 Å². The number of anilines is 1. The van der Waals surface area contributed by atoms with E-state index in [4.69, 9.17) is 10.6 Å². The first-order chi connectivity index (χ1) is 9.92. The monoisotopic (exact) mass is 293 g/mol. The van der Waals surface area contributed by atoms with Crippen LogP contribution in [0.3, 0.4) is 0 Å². The van der Waals surface area contributed by atoms with E-state index in [9.17, 15) is 8.78 Å². The van der Waals surface area contributed by atoms with Crippen LogP contribution in [0.2, 0.25) is 0 Å². The first-order valence-electron chi connectivity index (χ1n) is 6.53. The van der Waals surface area contributed by atoms with Gasteiger partial charge in [0, 0.05) is 6.07 Å². The number of hydrogen-bond acceptors (Lipinski definition) is 4. The van der Waals surface area contributed by atoms with Gasteiger partial charge in [0.15, 0.2) is 17.5 Å². The lowest BCUT2D eigenvalue weighted by atomic mass is 10.0. The van der Waals surface area contributed by atoms with Gasteiger partial charge in [-0.3, -0.25) is 0 Å². The van der Waals surface area contributed by atoms with Crippen LogP contribution in [0, 0.1) is 18.6 Å². The molecular formula is C15H17F2N3O. The number of hydrazine groups is 1. The summed E-state index contributed by atoms with van der Waals surface area (Å²) in [7, 11) is 0. The topological polar surface area (TPSA) is 60.2 Å². The predicted octanol–water partition coefficient (Wildman–Crippen LogP) is 3.87. The molecule has 2 rings (SSSR count). The van der Waals surface area contributed by atoms with Gasteiger partial charge in [-0.15, -0.1) is 0 Å². The van der Waals surface area contributed by atoms with E-state index in [0.29, 0.717) is 17.7 Å². The molecule has 0 aliphatic rings. The Hall–Kier alpha value is -2.21. The van der Waals surface area contributed by atoms with E-state index in [2.05, 4.69) is 10.4 Å². The SMILES string of the molecule is Cc1ccc(C(C)C)cc1Oc1nc(NN)c(F)cc1F. The Morgan fingerprint density at radius 3 is 2.52 bits per heavy atom. The van der Waals surface area contributed by atoms with E-state index in [-0.39, 0.29) is 11.7 Å². The van der Waals surface area contributed by atoms with Gasteiger partial charge in [-0.1, -0.05) is 26.0 Å². The average molecular weight is 293 g/mol. The minimum absolute atomic E-state index is 0.274. The summed E-state index contributed by atoms with van der Waals surface area (Å²) in [5, 5.41) is 0. The summed E-state index contributed by atoms with van der Waals surface area (Å²) < 4.78 is 32.5. The van der Waals surface area contributed by atoms with Crippen molar-refractivity contribution < 1.29 is 13.5 Å². The number of pyridine rings is 1. The molecule has 112 valence electrons. The molecule has 3 N–H and O–H groups in total. The van der Waals surface area contributed by atoms with Crippen molar-refractivity contribution in [3.05, 3.63) is 47.0 Å². The number of ether oxygens (including phenoxy) is 1. The van der Waals surface area contributed by atoms with Crippen molar-refractivity contribution >= 4 is 5.82 Å². The number of aryl methyl sites for hydroxylation is 1. The second-order valence-corrected chi connectivity index (χ2v) is 5.03. The van der Waals surface area contributed by atoms with Gasteiger partial charge in [-0.2, -0.15) is 4.98 Å². The summed E-state index contributed by atoms with van der Waals surface area (Å²) in [6, 6.07) is 6.36. The number of aromatic nitrogens is 1. The molecule has 1 aromatic carbocycles. The molecule has 0 aliphatic heterocycles. The number of nitrogens with zero attached hydrogens (tertiary/aromatic N) is 1. The maximum atomic E-state index is 13.7. The molecule has 0 bridgehead atoms. The Kier molecular flexibility index (Phi) is 4.37. The third kappa shape index (κ3) is 3.28. The molecular weight excluding hydrogens is 276 g/mol. The maximum Gasteiger partial charge on any atom is 0.258 e. The van der Waals surface area contributed by atoms with Gasteiger partial charge in [0.25, 0.3) is 5.88 Å². The van der Waals surface area contributed by atoms with Gasteiger partial charge >= 0.3 is 0 Å². The molecule has 6 heteroatoms. The van der Waals surface area contributed by atoms with Crippen molar-refractivity contribution in [3.63, 3.8) is 0 Å². The van der Waals surface area contributed by atoms with Crippen LogP contribution in [0.1, 0.15) is 30.9 Å². The summed E-state index contributed by atoms with van der Waals surface area (Å²) in [6.07, 6.45) is 0. The molecule has 0 saturated carbocycles. The number of halogens is 2. The molecule has 0 fully saturated rings. The zero-order valence-corrected chi connectivity index (χ0v) is 12.1. The molecule has 0 spiro atoms. The predicted molar refractivity (Wildman–Crippen MR) is 77.3 cm³/mol. The molecule has 0 atom stereocenters. The summed E-state index contributed by atoms with van der Waals surface area (Å²) in [6.45, 7) is 5.92. The van der Waals surface area contributed by atoms with Crippen molar-refractivity contribution in [1.29, 1.82) is 0 Å². The largest absolute Gasteiger partial charge is 0.436 e. The highest BCUT2D eigenvalue weighted by Crippen LogP contribution is 2.30. The van der Waals surface area contributed by atoms with Crippen LogP contribution in [-0.2, 0) is 0 Å². The van der Waals surface area contributed by atoms with E-state index in [1.807, 2.05) is 39.0 Å². The quantitative estimate of drug-likeness (QED) is 0.663. The zero-order chi connectivity index (χ0) is 15.6. The van der Waals surface area contributed by atoms with Crippen molar-refractivity contribution in [1.82, 2.24) is 4.98 Å². The molecule has 4 nitrogen and oxygen atoms in total. The molecule has 0 aliphatic carbocycles. The first kappa shape index (κ1) is 15.2. The van der Waals surface area contributed by atoms with Gasteiger partial charge in [0.1, 0.15) is 5.75 Å². The van der Waals surface area contributed by atoms with E-state index in [0.717, 1.165) is 11.1 Å². The molecule has 0 radical (unpaired) electrons. The first-order valence-corrected chi connectivity index (χ1v) is 6.53. The second-order valence-electron chi connectivity index (χ2n) is 5.03. The van der Waals surface area contributed by atoms with Crippen molar-refractivity contribution in [3.8, 4) is 11.6 Å². The minimum Gasteiger partial charge on any atom is -0.436 e. The highest BCUT2D eigenvalue weighted by atomic mass is 19.1. The number of benzene rings is 1. The lowest BCUT2D eigenvalue weighted by Crippen LogP contribution is -2.11. The number of rotatable bonds is 4. The fourth-order valence-corrected chi connectivity index (χ4v) is 1.81. The van der Waals surface area contributed by atoms with Crippen LogP contribution in [0.4, 0.5) is 14.6 Å². The van der Waals surface area contributed by atoms with Gasteiger partial charge in [-0.25, -0.2) is 14.6 Å². The Morgan fingerprint density at radius 2 is 1.90 bits per heavy atom. The van der Waals surface area contributed by atoms with Crippen molar-refractivity contribution in [2.45, 2.75) is 26.7 Å². The van der Waals surface area contributed by atoms with E-state index in [1.165, 1.54) is 0 Å². The van der Waals surface area contributed by atoms with Crippen LogP contribution in [-0.4, -0.2) is 4.98 Å². The Labute approximate surface area is 121 Å². The fourth-order valence-electron chi connectivity index (χ4n) is 1.81. The summed E-state index contributed by atoms with van der Waals surface area (Å²) in [5.41, 5.74) is 3.94. The van der Waals surface area contributed by atoms with Gasteiger partial charge in [0.05, 0.1) is 0 Å². The van der Waals surface area contributed by atoms with Crippen LogP contribution in [0.25, 0.3) is 0 Å². The zero-order valence-electron chi connectivity index (χ0n) is 12.1. The van der Waals surface area contributed by atoms with Crippen molar-refractivity contribution in [2.75, 3.05) is 5.43 Å². The Morgan fingerprint density at radius 1 is 1.19 bits per heavy atom. The summed E-state index contributed by atoms with van der Waals surface area (Å²) in [5.74, 6) is 3.54. The summed E-state index contributed by atoms with van der Waals surface area (Å²) >= 11 is 0. The number of nitrogens with two attached hydrogens (primary N) is 1. The smallest absolute Gasteiger partial charge is 0.258 e. The molecule has 0 unspecified atom stereocenters. The van der Waals surface area contributed by atoms with E-state index >= 15 is 0 Å². The van der Waals surface area contributed by atoms with E-state index < -0.39 is 11.6 Å². The normalized spacial score (nSPS) is 10.8. The number of hydrogen-bond donors (Lipinski definition) is 2. The van der Waals surface area contributed by atoms with Crippen LogP contribution < -0.4 is 16.0 Å². The van der Waals surface area contributed by atoms with Crippen molar-refractivity contribution in [2.24, 2.45) is 5.84 Å². The van der Waals surface area contributed by atoms with Gasteiger partial charge < -0.3 is 10.2 Å². The third-order valence-corrected chi connectivity index (χ3v) is 3.12. The molecule has 0 amide bonds. The molecule has 1 aromatic heterocycles. The lowest BCUT2D eigenvalue weighted by molar-refractivity contribution is 0.415. The second kappa shape index (κ2) is 6.05. The van der Waals surface area contributed by atoms with Crippen LogP contribution in [0.15, 0.2) is 24.3 Å². The fraction of sp³-hybridized carbons (Fsp3) is 0.267. The molecule has 1 heterocycles. The highest BCUT2D eigenvalue weighted by Gasteiger charge is 2.14. The third-order valence-electron chi connectivity index (χ3n) is 3.12. The average Bonchev–Trinajstić information content (AvgIpc) is 2.43. The summed E-state index contributed by atoms with van der Waals surface area (Å²) in [4.78, 5) is 3.69. The minimum atomic E-state index is -0.888. The Balaban J connectivity index is 2.40. The highest BCUT2D eigenvalue weighted by molar-refractivity contribution is 5.43. The van der Waals surface area contributed by atoms with Gasteiger partial charge in [0.2, 0.25) is 0 Å². The Bertz CT molecular complexity index is 660. The standard InChI is InChI=1S/C15H17F2N3O/c1-8(2)10-5-4-9(3)13(6-10)21-15-12(17)7-11(16)14(19-15)20-18/h4-8H,18H2,1-3H3,(H,19,20). The van der Waals surface area contributed by atoms with Crippen LogP contribution in [0.5, 0.6) is 11.6 Å². The molecule has 0 saturated heterocycles. The lowest BCUT2D eigenvalue weighted by Gasteiger charge is -2.13. The maximum absolute atomic E-state index is 13.7. The molecule has 21 heavy (non-hydrogen) atoms.